The number of aliphatic hydroxyl groups is 6. The summed E-state index contributed by atoms with van der Waals surface area (Å²) in [6.07, 6.45) is -3.37. The van der Waals surface area contributed by atoms with Gasteiger partial charge in [0.1, 0.15) is 29.8 Å². The van der Waals surface area contributed by atoms with Gasteiger partial charge in [-0.3, -0.25) is 9.59 Å². The van der Waals surface area contributed by atoms with Crippen molar-refractivity contribution in [3.05, 3.63) is 25.3 Å². The van der Waals surface area contributed by atoms with Crippen LogP contribution in [0.25, 0.3) is 0 Å². The maximum absolute atomic E-state index is 10.9. The van der Waals surface area contributed by atoms with Crippen LogP contribution in [0.3, 0.4) is 0 Å². The van der Waals surface area contributed by atoms with Crippen molar-refractivity contribution in [2.75, 3.05) is 13.2 Å². The van der Waals surface area contributed by atoms with Crippen LogP contribution in [0.1, 0.15) is 19.3 Å². The first-order valence-corrected chi connectivity index (χ1v) is 7.69. The van der Waals surface area contributed by atoms with Crippen molar-refractivity contribution < 1.29 is 50.4 Å². The maximum Gasteiger partial charge on any atom is 0.317 e. The minimum absolute atomic E-state index is 0.0449. The second kappa shape index (κ2) is 13.4. The lowest BCUT2D eigenvalue weighted by molar-refractivity contribution is -0.144. The minimum Gasteiger partial charge on any atom is -0.481 e. The molecule has 4 atom stereocenters. The molecular weight excluding hydrogens is 352 g/mol. The average Bonchev–Trinajstić information content (AvgIpc) is 2.62. The number of carbonyl (C=O) groups is 2. The van der Waals surface area contributed by atoms with E-state index < -0.39 is 55.0 Å². The molecule has 0 unspecified atom stereocenters. The molecule has 0 aromatic heterocycles. The zero-order valence-electron chi connectivity index (χ0n) is 14.3. The third-order valence-electron chi connectivity index (χ3n) is 3.62. The largest absolute Gasteiger partial charge is 0.481 e. The summed E-state index contributed by atoms with van der Waals surface area (Å²) in [5, 5.41) is 69.5. The van der Waals surface area contributed by atoms with E-state index in [0.717, 1.165) is 0 Å². The highest BCUT2D eigenvalue weighted by molar-refractivity contribution is 5.79. The smallest absolute Gasteiger partial charge is 0.317 e. The number of hydrogen-bond donors (Lipinski definition) is 8. The highest BCUT2D eigenvalue weighted by Gasteiger charge is 2.31. The van der Waals surface area contributed by atoms with Crippen LogP contribution < -0.4 is 0 Å². The molecule has 0 heterocycles. The van der Waals surface area contributed by atoms with Crippen molar-refractivity contribution >= 4 is 11.9 Å². The highest BCUT2D eigenvalue weighted by atomic mass is 16.4. The van der Waals surface area contributed by atoms with Crippen molar-refractivity contribution in [1.29, 1.82) is 0 Å². The molecule has 152 valence electrons. The summed E-state index contributed by atoms with van der Waals surface area (Å²) >= 11 is 0. The number of carboxylic acids is 2. The van der Waals surface area contributed by atoms with E-state index in [2.05, 4.69) is 13.2 Å². The number of rotatable bonds is 12. The van der Waals surface area contributed by atoms with Gasteiger partial charge in [-0.05, 0) is 12.8 Å². The van der Waals surface area contributed by atoms with Crippen LogP contribution in [0.5, 0.6) is 0 Å². The predicted molar refractivity (Wildman–Crippen MR) is 90.1 cm³/mol. The zero-order chi connectivity index (χ0) is 20.9. The molecule has 0 bridgehead atoms. The summed E-state index contributed by atoms with van der Waals surface area (Å²) in [5.41, 5.74) is -1.20. The molecule has 0 amide bonds. The lowest BCUT2D eigenvalue weighted by atomic mass is 9.83. The topological polar surface area (TPSA) is 196 Å². The van der Waals surface area contributed by atoms with Gasteiger partial charge in [-0.1, -0.05) is 12.2 Å². The Bertz CT molecular complexity index is 428. The zero-order valence-corrected chi connectivity index (χ0v) is 14.3. The van der Waals surface area contributed by atoms with Gasteiger partial charge in [-0.25, -0.2) is 0 Å². The molecule has 10 nitrogen and oxygen atoms in total. The first-order valence-electron chi connectivity index (χ1n) is 7.69. The summed E-state index contributed by atoms with van der Waals surface area (Å²) in [4.78, 5) is 21.1. The van der Waals surface area contributed by atoms with E-state index in [0.29, 0.717) is 6.42 Å². The van der Waals surface area contributed by atoms with Gasteiger partial charge in [-0.2, -0.15) is 0 Å². The first-order chi connectivity index (χ1) is 12.0. The van der Waals surface area contributed by atoms with E-state index in [9.17, 15) is 9.59 Å². The monoisotopic (exact) mass is 380 g/mol. The standard InChI is InChI=1S/C10H14O4.C6H14O6/c1-3-10(4-2,9(13)14)7-5-6-8(11)12;7-1-3(9)5(11)6(12)4(10)2-8/h3-4H,1-2,5-7H2,(H,11,12)(H,13,14);3-12H,1-2H2/t;3-,4+,5-,6-/m.1/s1. The van der Waals surface area contributed by atoms with Crippen molar-refractivity contribution in [2.24, 2.45) is 5.41 Å². The molecule has 0 aromatic rings. The molecule has 0 rings (SSSR count). The summed E-state index contributed by atoms with van der Waals surface area (Å²) in [5.74, 6) is -1.98. The van der Waals surface area contributed by atoms with Crippen molar-refractivity contribution in [3.8, 4) is 0 Å². The van der Waals surface area contributed by atoms with Crippen LogP contribution in [0.4, 0.5) is 0 Å². The van der Waals surface area contributed by atoms with Gasteiger partial charge in [0, 0.05) is 6.42 Å². The molecule has 0 saturated heterocycles. The molecular formula is C16H28O10. The predicted octanol–water partition coefficient (Wildman–Crippen LogP) is -1.90. The Morgan fingerprint density at radius 1 is 0.885 bits per heavy atom. The average molecular weight is 380 g/mol. The Balaban J connectivity index is 0. The molecule has 0 aromatic carbocycles. The summed E-state index contributed by atoms with van der Waals surface area (Å²) in [6.45, 7) is 5.40. The Kier molecular flexibility index (Phi) is 13.6. The highest BCUT2D eigenvalue weighted by Crippen LogP contribution is 2.27. The van der Waals surface area contributed by atoms with Gasteiger partial charge in [0.25, 0.3) is 0 Å². The van der Waals surface area contributed by atoms with E-state index in [4.69, 9.17) is 40.9 Å². The van der Waals surface area contributed by atoms with Crippen molar-refractivity contribution in [3.63, 3.8) is 0 Å². The van der Waals surface area contributed by atoms with Crippen LogP contribution in [0.15, 0.2) is 25.3 Å². The van der Waals surface area contributed by atoms with E-state index >= 15 is 0 Å². The van der Waals surface area contributed by atoms with Gasteiger partial charge < -0.3 is 40.9 Å². The van der Waals surface area contributed by atoms with Crippen LogP contribution in [-0.2, 0) is 9.59 Å². The van der Waals surface area contributed by atoms with Gasteiger partial charge in [0.15, 0.2) is 0 Å². The van der Waals surface area contributed by atoms with Gasteiger partial charge in [0.05, 0.1) is 13.2 Å². The normalized spacial score (nSPS) is 15.6. The van der Waals surface area contributed by atoms with E-state index in [-0.39, 0.29) is 12.8 Å². The van der Waals surface area contributed by atoms with Gasteiger partial charge in [0.2, 0.25) is 0 Å². The van der Waals surface area contributed by atoms with Crippen LogP contribution in [0, 0.1) is 5.41 Å². The summed E-state index contributed by atoms with van der Waals surface area (Å²) < 4.78 is 0. The third kappa shape index (κ3) is 9.04. The van der Waals surface area contributed by atoms with Crippen LogP contribution in [-0.4, -0.2) is 90.4 Å². The molecule has 26 heavy (non-hydrogen) atoms. The number of aliphatic carboxylic acids is 2. The first kappa shape index (κ1) is 26.4. The molecule has 0 spiro atoms. The van der Waals surface area contributed by atoms with Crippen molar-refractivity contribution in [2.45, 2.75) is 43.7 Å². The molecule has 0 aliphatic carbocycles. The van der Waals surface area contributed by atoms with Crippen molar-refractivity contribution in [1.82, 2.24) is 0 Å². The molecule has 0 radical (unpaired) electrons. The fourth-order valence-corrected chi connectivity index (χ4v) is 1.77. The van der Waals surface area contributed by atoms with Gasteiger partial charge >= 0.3 is 11.9 Å². The van der Waals surface area contributed by atoms with Gasteiger partial charge in [-0.15, -0.1) is 13.2 Å². The minimum atomic E-state index is -1.67. The quantitative estimate of drug-likeness (QED) is 0.177. The lowest BCUT2D eigenvalue weighted by Gasteiger charge is -2.24. The SMILES string of the molecule is C=CC(C=C)(CCCC(=O)O)C(=O)O.OC[C@@H](O)[C@@H](O)[C@H](O)[C@@H](O)CO. The molecule has 0 aliphatic rings. The second-order valence-electron chi connectivity index (χ2n) is 5.48. The molecule has 8 N–H and O–H groups in total. The van der Waals surface area contributed by atoms with Crippen LogP contribution in [0.2, 0.25) is 0 Å². The number of hydrogen-bond acceptors (Lipinski definition) is 8. The second-order valence-corrected chi connectivity index (χ2v) is 5.48. The fraction of sp³-hybridized carbons (Fsp3) is 0.625. The molecule has 0 aliphatic heterocycles. The molecule has 0 fully saturated rings. The van der Waals surface area contributed by atoms with Crippen LogP contribution >= 0.6 is 0 Å². The van der Waals surface area contributed by atoms with E-state index in [1.54, 1.807) is 0 Å². The Hall–Kier alpha value is -1.82. The van der Waals surface area contributed by atoms with E-state index in [1.807, 2.05) is 0 Å². The summed E-state index contributed by atoms with van der Waals surface area (Å²) in [6, 6.07) is 0. The maximum atomic E-state index is 10.9. The fourth-order valence-electron chi connectivity index (χ4n) is 1.77. The Labute approximate surface area is 151 Å². The molecule has 0 saturated carbocycles. The molecule has 10 heteroatoms. The lowest BCUT2D eigenvalue weighted by Crippen LogP contribution is -2.46. The van der Waals surface area contributed by atoms with E-state index in [1.165, 1.54) is 12.2 Å². The Morgan fingerprint density at radius 3 is 1.50 bits per heavy atom. The third-order valence-corrected chi connectivity index (χ3v) is 3.62. The Morgan fingerprint density at radius 2 is 1.27 bits per heavy atom. The summed E-state index contributed by atoms with van der Waals surface area (Å²) in [7, 11) is 0. The number of aliphatic hydroxyl groups excluding tert-OH is 6. The number of carboxylic acid groups (broad SMARTS) is 2.